The molecule has 1 aromatic rings. The molecule has 1 rings (SSSR count). The molecule has 8 heteroatoms. The number of carbonyl (C=O) groups is 3. The summed E-state index contributed by atoms with van der Waals surface area (Å²) in [5, 5.41) is 5.30. The van der Waals surface area contributed by atoms with Crippen LogP contribution in [0.5, 0.6) is 0 Å². The Morgan fingerprint density at radius 2 is 1.69 bits per heavy atom. The molecule has 4 N–H and O–H groups in total. The molecule has 26 heavy (non-hydrogen) atoms. The van der Waals surface area contributed by atoms with E-state index in [0.717, 1.165) is 12.8 Å². The van der Waals surface area contributed by atoms with Crippen LogP contribution in [0.2, 0.25) is 0 Å². The third kappa shape index (κ3) is 8.57. The second kappa shape index (κ2) is 11.2. The molecule has 0 fully saturated rings. The number of nitrogens with one attached hydrogen (secondary N) is 4. The van der Waals surface area contributed by atoms with Crippen LogP contribution >= 0.6 is 12.2 Å². The molecule has 1 aromatic carbocycles. The van der Waals surface area contributed by atoms with Crippen LogP contribution < -0.4 is 21.5 Å². The lowest BCUT2D eigenvalue weighted by atomic mass is 10.1. The van der Waals surface area contributed by atoms with E-state index in [1.807, 2.05) is 20.8 Å². The molecule has 0 aliphatic heterocycles. The van der Waals surface area contributed by atoms with Crippen molar-refractivity contribution in [3.05, 3.63) is 29.8 Å². The number of carbonyl (C=O) groups excluding carboxylic acids is 3. The van der Waals surface area contributed by atoms with Crippen LogP contribution in [0.3, 0.4) is 0 Å². The molecule has 0 saturated carbocycles. The fraction of sp³-hybridized carbons (Fsp3) is 0.444. The highest BCUT2D eigenvalue weighted by Crippen LogP contribution is 2.11. The molecule has 0 aromatic heterocycles. The first kappa shape index (κ1) is 21.6. The summed E-state index contributed by atoms with van der Waals surface area (Å²) in [6.07, 6.45) is 2.52. The van der Waals surface area contributed by atoms with Gasteiger partial charge in [-0.15, -0.1) is 0 Å². The van der Waals surface area contributed by atoms with Gasteiger partial charge in [0.15, 0.2) is 5.11 Å². The van der Waals surface area contributed by atoms with Crippen molar-refractivity contribution in [2.75, 3.05) is 5.32 Å². The van der Waals surface area contributed by atoms with Crippen LogP contribution in [0.25, 0.3) is 0 Å². The predicted molar refractivity (Wildman–Crippen MR) is 105 cm³/mol. The third-order valence-electron chi connectivity index (χ3n) is 3.32. The first-order valence-corrected chi connectivity index (χ1v) is 9.02. The van der Waals surface area contributed by atoms with Crippen LogP contribution in [0.1, 0.15) is 56.8 Å². The van der Waals surface area contributed by atoms with Gasteiger partial charge in [-0.2, -0.15) is 0 Å². The lowest BCUT2D eigenvalue weighted by Crippen LogP contribution is -2.48. The molecule has 0 aliphatic carbocycles. The van der Waals surface area contributed by atoms with Crippen molar-refractivity contribution in [2.24, 2.45) is 5.92 Å². The SMILES string of the molecule is CCCCC(=O)NC(=S)NNC(=O)c1ccc(NC(=O)CC(C)C)cc1. The van der Waals surface area contributed by atoms with E-state index in [4.69, 9.17) is 12.2 Å². The van der Waals surface area contributed by atoms with Gasteiger partial charge in [-0.05, 0) is 48.8 Å². The number of thiocarbonyl (C=S) groups is 1. The van der Waals surface area contributed by atoms with Gasteiger partial charge in [-0.1, -0.05) is 27.2 Å². The minimum absolute atomic E-state index is 0.0389. The first-order valence-electron chi connectivity index (χ1n) is 8.62. The van der Waals surface area contributed by atoms with Crippen molar-refractivity contribution >= 4 is 40.7 Å². The van der Waals surface area contributed by atoms with Gasteiger partial charge in [0.1, 0.15) is 0 Å². The van der Waals surface area contributed by atoms with Crippen molar-refractivity contribution < 1.29 is 14.4 Å². The van der Waals surface area contributed by atoms with Crippen LogP contribution in [0.15, 0.2) is 24.3 Å². The number of benzene rings is 1. The summed E-state index contributed by atoms with van der Waals surface area (Å²) in [6.45, 7) is 5.93. The van der Waals surface area contributed by atoms with Gasteiger partial charge in [-0.3, -0.25) is 25.2 Å². The molecule has 0 unspecified atom stereocenters. The minimum atomic E-state index is -0.407. The summed E-state index contributed by atoms with van der Waals surface area (Å²) >= 11 is 4.95. The van der Waals surface area contributed by atoms with Gasteiger partial charge in [0, 0.05) is 24.1 Å². The lowest BCUT2D eigenvalue weighted by molar-refractivity contribution is -0.120. The Kier molecular flexibility index (Phi) is 9.29. The summed E-state index contributed by atoms with van der Waals surface area (Å²) < 4.78 is 0. The van der Waals surface area contributed by atoms with E-state index >= 15 is 0 Å². The molecular weight excluding hydrogens is 352 g/mol. The summed E-state index contributed by atoms with van der Waals surface area (Å²) in [6, 6.07) is 6.48. The quantitative estimate of drug-likeness (QED) is 0.432. The molecule has 0 heterocycles. The van der Waals surface area contributed by atoms with Gasteiger partial charge in [-0.25, -0.2) is 0 Å². The van der Waals surface area contributed by atoms with Crippen LogP contribution in [0, 0.1) is 5.92 Å². The standard InChI is InChI=1S/C18H26N4O3S/c1-4-5-6-15(23)20-18(26)22-21-17(25)13-7-9-14(10-8-13)19-16(24)11-12(2)3/h7-10,12H,4-6,11H2,1-3H3,(H,19,24)(H,21,25)(H2,20,22,23,26). The second-order valence-corrected chi connectivity index (χ2v) is 6.69. The Morgan fingerprint density at radius 1 is 1.04 bits per heavy atom. The van der Waals surface area contributed by atoms with Crippen molar-refractivity contribution in [3.8, 4) is 0 Å². The predicted octanol–water partition coefficient (Wildman–Crippen LogP) is 2.50. The Bertz CT molecular complexity index is 644. The summed E-state index contributed by atoms with van der Waals surface area (Å²) in [7, 11) is 0. The Hall–Kier alpha value is -2.48. The van der Waals surface area contributed by atoms with Crippen molar-refractivity contribution in [3.63, 3.8) is 0 Å². The van der Waals surface area contributed by atoms with Crippen molar-refractivity contribution in [1.29, 1.82) is 0 Å². The maximum atomic E-state index is 12.1. The van der Waals surface area contributed by atoms with Gasteiger partial charge in [0.25, 0.3) is 5.91 Å². The first-order chi connectivity index (χ1) is 12.3. The van der Waals surface area contributed by atoms with E-state index in [0.29, 0.717) is 24.1 Å². The largest absolute Gasteiger partial charge is 0.326 e. The summed E-state index contributed by atoms with van der Waals surface area (Å²) in [5.41, 5.74) is 5.91. The third-order valence-corrected chi connectivity index (χ3v) is 3.53. The van der Waals surface area contributed by atoms with E-state index in [-0.39, 0.29) is 22.8 Å². The molecule has 3 amide bonds. The second-order valence-electron chi connectivity index (χ2n) is 6.28. The van der Waals surface area contributed by atoms with Gasteiger partial charge in [0.2, 0.25) is 11.8 Å². The van der Waals surface area contributed by atoms with Crippen molar-refractivity contribution in [1.82, 2.24) is 16.2 Å². The number of amides is 3. The van der Waals surface area contributed by atoms with E-state index in [1.165, 1.54) is 0 Å². The minimum Gasteiger partial charge on any atom is -0.326 e. The smallest absolute Gasteiger partial charge is 0.269 e. The molecule has 0 bridgehead atoms. The molecule has 0 aliphatic rings. The Labute approximate surface area is 159 Å². The van der Waals surface area contributed by atoms with Crippen molar-refractivity contribution in [2.45, 2.75) is 46.5 Å². The van der Waals surface area contributed by atoms with Crippen LogP contribution in [-0.4, -0.2) is 22.8 Å². The summed E-state index contributed by atoms with van der Waals surface area (Å²) in [5.74, 6) is -0.393. The number of hydrazine groups is 1. The van der Waals surface area contributed by atoms with E-state index in [1.54, 1.807) is 24.3 Å². The fourth-order valence-electron chi connectivity index (χ4n) is 2.03. The van der Waals surface area contributed by atoms with Gasteiger partial charge >= 0.3 is 0 Å². The van der Waals surface area contributed by atoms with Crippen LogP contribution in [0.4, 0.5) is 5.69 Å². The fourth-order valence-corrected chi connectivity index (χ4v) is 2.20. The number of unbranched alkanes of at least 4 members (excludes halogenated alkanes) is 1. The normalized spacial score (nSPS) is 10.2. The highest BCUT2D eigenvalue weighted by atomic mass is 32.1. The lowest BCUT2D eigenvalue weighted by Gasteiger charge is -2.11. The maximum absolute atomic E-state index is 12.1. The maximum Gasteiger partial charge on any atom is 0.269 e. The Balaban J connectivity index is 2.44. The highest BCUT2D eigenvalue weighted by molar-refractivity contribution is 7.80. The molecular formula is C18H26N4O3S. The van der Waals surface area contributed by atoms with E-state index in [9.17, 15) is 14.4 Å². The number of rotatable bonds is 7. The monoisotopic (exact) mass is 378 g/mol. The molecule has 142 valence electrons. The van der Waals surface area contributed by atoms with E-state index in [2.05, 4.69) is 21.5 Å². The zero-order chi connectivity index (χ0) is 19.5. The number of hydrogen-bond acceptors (Lipinski definition) is 4. The molecule has 0 spiro atoms. The summed E-state index contributed by atoms with van der Waals surface area (Å²) in [4.78, 5) is 35.3. The Morgan fingerprint density at radius 3 is 2.27 bits per heavy atom. The zero-order valence-electron chi connectivity index (χ0n) is 15.3. The molecule has 0 radical (unpaired) electrons. The average Bonchev–Trinajstić information content (AvgIpc) is 2.57. The molecule has 0 atom stereocenters. The molecule has 0 saturated heterocycles. The highest BCUT2D eigenvalue weighted by Gasteiger charge is 2.09. The number of hydrogen-bond donors (Lipinski definition) is 4. The zero-order valence-corrected chi connectivity index (χ0v) is 16.2. The number of anilines is 1. The average molecular weight is 378 g/mol. The topological polar surface area (TPSA) is 99.3 Å². The van der Waals surface area contributed by atoms with E-state index < -0.39 is 5.91 Å². The van der Waals surface area contributed by atoms with Gasteiger partial charge < -0.3 is 10.6 Å². The van der Waals surface area contributed by atoms with Gasteiger partial charge in [0.05, 0.1) is 0 Å². The molecule has 7 nitrogen and oxygen atoms in total. The van der Waals surface area contributed by atoms with Crippen LogP contribution in [-0.2, 0) is 9.59 Å².